The number of amides is 2. The van der Waals surface area contributed by atoms with Crippen molar-refractivity contribution in [3.8, 4) is 0 Å². The second-order valence-corrected chi connectivity index (χ2v) is 16.4. The first-order valence-corrected chi connectivity index (χ1v) is 14.1. The molecule has 32 heavy (non-hydrogen) atoms. The minimum absolute atomic E-state index is 0.0938. The van der Waals surface area contributed by atoms with Crippen LogP contribution in [0.2, 0.25) is 18.1 Å². The lowest BCUT2D eigenvalue weighted by molar-refractivity contribution is -0.0110. The number of nitrogens with zero attached hydrogens (tertiary/aromatic N) is 4. The summed E-state index contributed by atoms with van der Waals surface area (Å²) in [6.45, 7) is 21.9. The molecule has 0 aliphatic carbocycles. The SMILES string of the molecule is CC(C)(C)OC(=O)N1CCN(C(=O)c2cc(CO[Si](C)(C)C(C)(C)C)ncn2)C(C)(C)C1. The minimum atomic E-state index is -1.93. The summed E-state index contributed by atoms with van der Waals surface area (Å²) in [6.07, 6.45) is 1.06. The van der Waals surface area contributed by atoms with Gasteiger partial charge in [0.05, 0.1) is 17.8 Å². The van der Waals surface area contributed by atoms with Gasteiger partial charge >= 0.3 is 6.09 Å². The standard InChI is InChI=1S/C23H40N4O4Si/c1-21(2,3)31-20(29)26-11-12-27(23(7,8)15-26)19(28)18-13-17(24-16-25-18)14-30-32(9,10)22(4,5)6/h13,16H,11-12,14-15H2,1-10H3. The van der Waals surface area contributed by atoms with Gasteiger partial charge in [0.25, 0.3) is 5.91 Å². The lowest BCUT2D eigenvalue weighted by Crippen LogP contribution is -2.62. The molecule has 0 bridgehead atoms. The molecule has 0 unspecified atom stereocenters. The van der Waals surface area contributed by atoms with Gasteiger partial charge in [0.15, 0.2) is 8.32 Å². The predicted molar refractivity (Wildman–Crippen MR) is 127 cm³/mol. The molecule has 1 saturated heterocycles. The summed E-state index contributed by atoms with van der Waals surface area (Å²) in [4.78, 5) is 37.7. The molecule has 1 aliphatic heterocycles. The van der Waals surface area contributed by atoms with E-state index in [-0.39, 0.29) is 17.0 Å². The summed E-state index contributed by atoms with van der Waals surface area (Å²) < 4.78 is 11.7. The molecule has 0 saturated carbocycles. The molecule has 0 N–H and O–H groups in total. The number of carbonyl (C=O) groups excluding carboxylic acids is 2. The van der Waals surface area contributed by atoms with E-state index in [4.69, 9.17) is 9.16 Å². The molecule has 2 rings (SSSR count). The van der Waals surface area contributed by atoms with Crippen LogP contribution in [-0.4, -0.2) is 70.9 Å². The summed E-state index contributed by atoms with van der Waals surface area (Å²) in [5.41, 5.74) is -0.0847. The highest BCUT2D eigenvalue weighted by Crippen LogP contribution is 2.37. The molecule has 0 atom stereocenters. The summed E-state index contributed by atoms with van der Waals surface area (Å²) in [6, 6.07) is 1.71. The van der Waals surface area contributed by atoms with Gasteiger partial charge in [-0.3, -0.25) is 4.79 Å². The number of ether oxygens (including phenoxy) is 1. The van der Waals surface area contributed by atoms with Crippen molar-refractivity contribution in [1.29, 1.82) is 0 Å². The zero-order chi connectivity index (χ0) is 24.5. The van der Waals surface area contributed by atoms with E-state index < -0.39 is 19.5 Å². The average molecular weight is 465 g/mol. The Morgan fingerprint density at radius 3 is 2.25 bits per heavy atom. The second-order valence-electron chi connectivity index (χ2n) is 11.6. The quantitative estimate of drug-likeness (QED) is 0.611. The summed E-state index contributed by atoms with van der Waals surface area (Å²) in [5, 5.41) is 0.0938. The van der Waals surface area contributed by atoms with E-state index in [0.717, 1.165) is 0 Å². The number of aromatic nitrogens is 2. The molecule has 1 aliphatic rings. The second kappa shape index (κ2) is 9.09. The van der Waals surface area contributed by atoms with Gasteiger partial charge in [-0.15, -0.1) is 0 Å². The lowest BCUT2D eigenvalue weighted by Gasteiger charge is -2.46. The fraction of sp³-hybridized carbons (Fsp3) is 0.739. The van der Waals surface area contributed by atoms with E-state index >= 15 is 0 Å². The monoisotopic (exact) mass is 464 g/mol. The molecule has 0 aromatic carbocycles. The van der Waals surface area contributed by atoms with Crippen LogP contribution in [0.5, 0.6) is 0 Å². The third kappa shape index (κ3) is 6.51. The maximum Gasteiger partial charge on any atom is 0.410 e. The first-order chi connectivity index (χ1) is 14.4. The maximum absolute atomic E-state index is 13.3. The van der Waals surface area contributed by atoms with Gasteiger partial charge in [0.2, 0.25) is 0 Å². The van der Waals surface area contributed by atoms with Crippen LogP contribution < -0.4 is 0 Å². The van der Waals surface area contributed by atoms with Crippen molar-refractivity contribution in [3.63, 3.8) is 0 Å². The van der Waals surface area contributed by atoms with Crippen LogP contribution in [-0.2, 0) is 15.8 Å². The van der Waals surface area contributed by atoms with Crippen LogP contribution in [0.25, 0.3) is 0 Å². The van der Waals surface area contributed by atoms with Gasteiger partial charge in [-0.2, -0.15) is 0 Å². The third-order valence-electron chi connectivity index (χ3n) is 6.13. The van der Waals surface area contributed by atoms with Crippen molar-refractivity contribution in [1.82, 2.24) is 19.8 Å². The smallest absolute Gasteiger partial charge is 0.410 e. The molecule has 180 valence electrons. The Kier molecular flexibility index (Phi) is 7.46. The Hall–Kier alpha value is -2.00. The summed E-state index contributed by atoms with van der Waals surface area (Å²) in [7, 11) is -1.93. The van der Waals surface area contributed by atoms with Crippen LogP contribution in [0.4, 0.5) is 4.79 Å². The van der Waals surface area contributed by atoms with Gasteiger partial charge in [0.1, 0.15) is 17.6 Å². The molecule has 9 heteroatoms. The molecular formula is C23H40N4O4Si. The molecule has 1 fully saturated rings. The van der Waals surface area contributed by atoms with Gasteiger partial charge < -0.3 is 19.0 Å². The Morgan fingerprint density at radius 2 is 1.72 bits per heavy atom. The van der Waals surface area contributed by atoms with Crippen LogP contribution in [0.15, 0.2) is 12.4 Å². The highest BCUT2D eigenvalue weighted by molar-refractivity contribution is 6.74. The first-order valence-electron chi connectivity index (χ1n) is 11.2. The number of carbonyl (C=O) groups is 2. The molecule has 1 aromatic rings. The number of hydrogen-bond donors (Lipinski definition) is 0. The summed E-state index contributed by atoms with van der Waals surface area (Å²) >= 11 is 0. The van der Waals surface area contributed by atoms with E-state index in [1.165, 1.54) is 6.33 Å². The fourth-order valence-electron chi connectivity index (χ4n) is 3.22. The Morgan fingerprint density at radius 1 is 1.09 bits per heavy atom. The van der Waals surface area contributed by atoms with Gasteiger partial charge in [0, 0.05) is 19.6 Å². The molecule has 2 amide bonds. The topological polar surface area (TPSA) is 84.9 Å². The normalized spacial score (nSPS) is 17.3. The van der Waals surface area contributed by atoms with Crippen molar-refractivity contribution in [2.75, 3.05) is 19.6 Å². The maximum atomic E-state index is 13.3. The van der Waals surface area contributed by atoms with Crippen LogP contribution in [0.1, 0.15) is 71.6 Å². The van der Waals surface area contributed by atoms with Crippen LogP contribution >= 0.6 is 0 Å². The van der Waals surface area contributed by atoms with Crippen LogP contribution in [0, 0.1) is 0 Å². The molecule has 0 spiro atoms. The van der Waals surface area contributed by atoms with Gasteiger partial charge in [-0.25, -0.2) is 14.8 Å². The molecule has 2 heterocycles. The van der Waals surface area contributed by atoms with Gasteiger partial charge in [-0.1, -0.05) is 20.8 Å². The zero-order valence-corrected chi connectivity index (χ0v) is 22.4. The Labute approximate surface area is 193 Å². The number of hydrogen-bond acceptors (Lipinski definition) is 6. The Bertz CT molecular complexity index is 843. The van der Waals surface area contributed by atoms with Crippen molar-refractivity contribution in [2.24, 2.45) is 0 Å². The number of piperazine rings is 1. The largest absolute Gasteiger partial charge is 0.444 e. The first kappa shape index (κ1) is 26.3. The van der Waals surface area contributed by atoms with Crippen molar-refractivity contribution >= 4 is 20.3 Å². The third-order valence-corrected chi connectivity index (χ3v) is 10.6. The predicted octanol–water partition coefficient (Wildman–Crippen LogP) is 4.47. The Balaban J connectivity index is 2.10. The van der Waals surface area contributed by atoms with E-state index in [2.05, 4.69) is 43.8 Å². The molecule has 8 nitrogen and oxygen atoms in total. The minimum Gasteiger partial charge on any atom is -0.444 e. The molecule has 1 aromatic heterocycles. The highest BCUT2D eigenvalue weighted by Gasteiger charge is 2.40. The summed E-state index contributed by atoms with van der Waals surface area (Å²) in [5.74, 6) is -0.171. The van der Waals surface area contributed by atoms with Crippen LogP contribution in [0.3, 0.4) is 0 Å². The lowest BCUT2D eigenvalue weighted by atomic mass is 9.98. The van der Waals surface area contributed by atoms with Gasteiger partial charge in [-0.05, 0) is 58.8 Å². The van der Waals surface area contributed by atoms with Crippen molar-refractivity contribution < 1.29 is 18.8 Å². The number of rotatable bonds is 4. The fourth-order valence-corrected chi connectivity index (χ4v) is 4.16. The van der Waals surface area contributed by atoms with E-state index in [9.17, 15) is 9.59 Å². The van der Waals surface area contributed by atoms with E-state index in [0.29, 0.717) is 37.6 Å². The zero-order valence-electron chi connectivity index (χ0n) is 21.4. The average Bonchev–Trinajstić information content (AvgIpc) is 2.63. The van der Waals surface area contributed by atoms with Crippen molar-refractivity contribution in [2.45, 2.75) is 91.3 Å². The molecular weight excluding hydrogens is 424 g/mol. The van der Waals surface area contributed by atoms with E-state index in [1.54, 1.807) is 15.9 Å². The molecule has 0 radical (unpaired) electrons. The van der Waals surface area contributed by atoms with Crippen molar-refractivity contribution in [3.05, 3.63) is 23.8 Å². The highest BCUT2D eigenvalue weighted by atomic mass is 28.4. The van der Waals surface area contributed by atoms with E-state index in [1.807, 2.05) is 34.6 Å².